The van der Waals surface area contributed by atoms with Crippen molar-refractivity contribution in [2.75, 3.05) is 25.6 Å². The summed E-state index contributed by atoms with van der Waals surface area (Å²) in [6, 6.07) is 0. The summed E-state index contributed by atoms with van der Waals surface area (Å²) in [5.41, 5.74) is 6.23. The molecule has 0 amide bonds. The molecular weight excluding hydrogens is 170 g/mol. The number of anilines is 1. The van der Waals surface area contributed by atoms with Crippen molar-refractivity contribution in [2.45, 2.75) is 6.10 Å². The molecule has 0 saturated carbocycles. The molecule has 2 rings (SSSR count). The summed E-state index contributed by atoms with van der Waals surface area (Å²) >= 11 is 0. The molecule has 1 aliphatic heterocycles. The first-order valence-electron chi connectivity index (χ1n) is 4.13. The van der Waals surface area contributed by atoms with Gasteiger partial charge in [-0.15, -0.1) is 0 Å². The van der Waals surface area contributed by atoms with Crippen LogP contribution in [0.2, 0.25) is 0 Å². The maximum absolute atomic E-state index is 5.50. The molecule has 1 aliphatic rings. The van der Waals surface area contributed by atoms with Gasteiger partial charge in [0.05, 0.1) is 37.9 Å². The lowest BCUT2D eigenvalue weighted by Gasteiger charge is -2.22. The fourth-order valence-electron chi connectivity index (χ4n) is 1.21. The Kier molecular flexibility index (Phi) is 2.37. The number of ether oxygens (including phenoxy) is 2. The number of nitrogen functional groups attached to an aromatic ring is 1. The van der Waals surface area contributed by atoms with E-state index in [9.17, 15) is 0 Å². The molecule has 70 valence electrons. The fraction of sp³-hybridized carbons (Fsp3) is 0.500. The maximum Gasteiger partial charge on any atom is 0.142 e. The van der Waals surface area contributed by atoms with Gasteiger partial charge < -0.3 is 15.2 Å². The van der Waals surface area contributed by atoms with Gasteiger partial charge in [-0.25, -0.2) is 4.98 Å². The predicted molar refractivity (Wildman–Crippen MR) is 46.0 cm³/mol. The second kappa shape index (κ2) is 3.68. The van der Waals surface area contributed by atoms with Crippen LogP contribution in [-0.4, -0.2) is 29.8 Å². The molecular formula is C8H11N3O2. The summed E-state index contributed by atoms with van der Waals surface area (Å²) in [5.74, 6) is 0.409. The zero-order valence-corrected chi connectivity index (χ0v) is 7.14. The van der Waals surface area contributed by atoms with Crippen molar-refractivity contribution in [3.63, 3.8) is 0 Å². The summed E-state index contributed by atoms with van der Waals surface area (Å²) in [6.45, 7) is 1.77. The van der Waals surface area contributed by atoms with Gasteiger partial charge in [0.2, 0.25) is 0 Å². The van der Waals surface area contributed by atoms with Gasteiger partial charge >= 0.3 is 0 Å². The van der Waals surface area contributed by atoms with Crippen LogP contribution in [0.5, 0.6) is 0 Å². The van der Waals surface area contributed by atoms with E-state index in [1.807, 2.05) is 0 Å². The number of rotatable bonds is 1. The molecule has 1 fully saturated rings. The van der Waals surface area contributed by atoms with Crippen LogP contribution in [0.4, 0.5) is 5.82 Å². The summed E-state index contributed by atoms with van der Waals surface area (Å²) in [4.78, 5) is 8.04. The van der Waals surface area contributed by atoms with Gasteiger partial charge in [0, 0.05) is 0 Å². The zero-order valence-electron chi connectivity index (χ0n) is 7.14. The van der Waals surface area contributed by atoms with E-state index in [4.69, 9.17) is 15.2 Å². The molecule has 1 atom stereocenters. The molecule has 0 bridgehead atoms. The molecule has 0 aromatic carbocycles. The number of hydrogen-bond donors (Lipinski definition) is 1. The second-order valence-corrected chi connectivity index (χ2v) is 2.80. The maximum atomic E-state index is 5.50. The highest BCUT2D eigenvalue weighted by Crippen LogP contribution is 2.18. The zero-order chi connectivity index (χ0) is 9.10. The number of nitrogens with two attached hydrogens (primary N) is 1. The Morgan fingerprint density at radius 2 is 2.31 bits per heavy atom. The summed E-state index contributed by atoms with van der Waals surface area (Å²) in [6.07, 6.45) is 3.04. The minimum absolute atomic E-state index is 0.121. The van der Waals surface area contributed by atoms with Crippen molar-refractivity contribution in [2.24, 2.45) is 0 Å². The molecule has 5 heteroatoms. The Bertz CT molecular complexity index is 286. The van der Waals surface area contributed by atoms with Crippen molar-refractivity contribution in [3.05, 3.63) is 18.1 Å². The van der Waals surface area contributed by atoms with Crippen molar-refractivity contribution < 1.29 is 9.47 Å². The van der Waals surface area contributed by atoms with Crippen LogP contribution in [0, 0.1) is 0 Å². The lowest BCUT2D eigenvalue weighted by molar-refractivity contribution is -0.0918. The van der Waals surface area contributed by atoms with E-state index in [1.165, 1.54) is 6.20 Å². The Morgan fingerprint density at radius 1 is 1.38 bits per heavy atom. The van der Waals surface area contributed by atoms with Crippen LogP contribution >= 0.6 is 0 Å². The van der Waals surface area contributed by atoms with E-state index >= 15 is 0 Å². The lowest BCUT2D eigenvalue weighted by atomic mass is 10.2. The monoisotopic (exact) mass is 181 g/mol. The van der Waals surface area contributed by atoms with E-state index in [0.717, 1.165) is 5.69 Å². The first-order valence-corrected chi connectivity index (χ1v) is 4.13. The molecule has 1 aromatic heterocycles. The Balaban J connectivity index is 2.14. The summed E-state index contributed by atoms with van der Waals surface area (Å²) < 4.78 is 10.7. The van der Waals surface area contributed by atoms with E-state index in [1.54, 1.807) is 6.20 Å². The first kappa shape index (κ1) is 8.40. The number of hydrogen-bond acceptors (Lipinski definition) is 5. The first-order chi connectivity index (χ1) is 6.36. The summed E-state index contributed by atoms with van der Waals surface area (Å²) in [7, 11) is 0. The molecule has 1 unspecified atom stereocenters. The lowest BCUT2D eigenvalue weighted by Crippen LogP contribution is -2.23. The average molecular weight is 181 g/mol. The van der Waals surface area contributed by atoms with Crippen LogP contribution in [-0.2, 0) is 9.47 Å². The van der Waals surface area contributed by atoms with Gasteiger partial charge in [-0.05, 0) is 0 Å². The predicted octanol–water partition coefficient (Wildman–Crippen LogP) is 0.147. The highest BCUT2D eigenvalue weighted by molar-refractivity contribution is 5.24. The Hall–Kier alpha value is -1.20. The van der Waals surface area contributed by atoms with Crippen molar-refractivity contribution >= 4 is 5.82 Å². The third-order valence-electron chi connectivity index (χ3n) is 1.82. The molecule has 1 aromatic rings. The van der Waals surface area contributed by atoms with Gasteiger partial charge in [-0.2, -0.15) is 0 Å². The third-order valence-corrected chi connectivity index (χ3v) is 1.82. The highest BCUT2D eigenvalue weighted by Gasteiger charge is 2.18. The molecule has 0 radical (unpaired) electrons. The minimum Gasteiger partial charge on any atom is -0.382 e. The standard InChI is InChI=1S/C8H11N3O2/c9-8-4-10-3-6(11-8)7-5-12-1-2-13-7/h3-4,7H,1-2,5H2,(H2,9,11). The largest absolute Gasteiger partial charge is 0.382 e. The SMILES string of the molecule is Nc1cncc(C2COCCO2)n1. The molecule has 0 aliphatic carbocycles. The quantitative estimate of drug-likeness (QED) is 0.667. The van der Waals surface area contributed by atoms with E-state index in [2.05, 4.69) is 9.97 Å². The summed E-state index contributed by atoms with van der Waals surface area (Å²) in [5, 5.41) is 0. The van der Waals surface area contributed by atoms with Crippen LogP contribution in [0.25, 0.3) is 0 Å². The average Bonchev–Trinajstić information content (AvgIpc) is 2.19. The van der Waals surface area contributed by atoms with Crippen LogP contribution in [0.1, 0.15) is 11.8 Å². The van der Waals surface area contributed by atoms with Gasteiger partial charge in [0.25, 0.3) is 0 Å². The normalized spacial score (nSPS) is 22.9. The number of aromatic nitrogens is 2. The van der Waals surface area contributed by atoms with Crippen LogP contribution < -0.4 is 5.73 Å². The minimum atomic E-state index is -0.121. The van der Waals surface area contributed by atoms with Gasteiger partial charge in [-0.3, -0.25) is 4.98 Å². The van der Waals surface area contributed by atoms with E-state index in [-0.39, 0.29) is 6.10 Å². The van der Waals surface area contributed by atoms with Gasteiger partial charge in [0.1, 0.15) is 11.9 Å². The topological polar surface area (TPSA) is 70.3 Å². The van der Waals surface area contributed by atoms with Gasteiger partial charge in [0.15, 0.2) is 0 Å². The molecule has 2 heterocycles. The van der Waals surface area contributed by atoms with E-state index in [0.29, 0.717) is 25.6 Å². The smallest absolute Gasteiger partial charge is 0.142 e. The second-order valence-electron chi connectivity index (χ2n) is 2.80. The molecule has 1 saturated heterocycles. The van der Waals surface area contributed by atoms with Crippen molar-refractivity contribution in [1.29, 1.82) is 0 Å². The van der Waals surface area contributed by atoms with Crippen LogP contribution in [0.15, 0.2) is 12.4 Å². The Labute approximate surface area is 75.9 Å². The fourth-order valence-corrected chi connectivity index (χ4v) is 1.21. The van der Waals surface area contributed by atoms with Crippen molar-refractivity contribution in [3.8, 4) is 0 Å². The van der Waals surface area contributed by atoms with Gasteiger partial charge in [-0.1, -0.05) is 0 Å². The molecule has 5 nitrogen and oxygen atoms in total. The van der Waals surface area contributed by atoms with Crippen molar-refractivity contribution in [1.82, 2.24) is 9.97 Å². The molecule has 13 heavy (non-hydrogen) atoms. The Morgan fingerprint density at radius 3 is 3.00 bits per heavy atom. The van der Waals surface area contributed by atoms with E-state index < -0.39 is 0 Å². The highest BCUT2D eigenvalue weighted by atomic mass is 16.6. The molecule has 0 spiro atoms. The number of nitrogens with zero attached hydrogens (tertiary/aromatic N) is 2. The third kappa shape index (κ3) is 1.93. The molecule has 2 N–H and O–H groups in total. The van der Waals surface area contributed by atoms with Crippen LogP contribution in [0.3, 0.4) is 0 Å².